The lowest BCUT2D eigenvalue weighted by Crippen LogP contribution is -2.24. The minimum absolute atomic E-state index is 0.0864. The van der Waals surface area contributed by atoms with Crippen LogP contribution in [-0.4, -0.2) is 18.2 Å². The van der Waals surface area contributed by atoms with Crippen molar-refractivity contribution in [1.82, 2.24) is 9.88 Å². The molecule has 0 saturated heterocycles. The second kappa shape index (κ2) is 4.28. The van der Waals surface area contributed by atoms with Gasteiger partial charge in [-0.25, -0.2) is 0 Å². The maximum absolute atomic E-state index is 12.0. The molecule has 0 aliphatic rings. The van der Waals surface area contributed by atoms with Gasteiger partial charge in [-0.1, -0.05) is 18.2 Å². The van der Waals surface area contributed by atoms with Crippen molar-refractivity contribution in [3.8, 4) is 0 Å². The van der Waals surface area contributed by atoms with Gasteiger partial charge in [0.05, 0.1) is 0 Å². The Morgan fingerprint density at radius 2 is 2.07 bits per heavy atom. The van der Waals surface area contributed by atoms with E-state index in [0.29, 0.717) is 6.54 Å². The minimum atomic E-state index is 0.0864. The molecule has 0 bridgehead atoms. The summed E-state index contributed by atoms with van der Waals surface area (Å²) >= 11 is 0. The first-order valence-corrected chi connectivity index (χ1v) is 5.06. The number of pyridine rings is 1. The number of likely N-dealkylation sites (N-methyl/N-ethyl adjacent to an activating group) is 1. The Kier molecular flexibility index (Phi) is 2.83. The second-order valence-electron chi connectivity index (χ2n) is 3.51. The molecule has 0 radical (unpaired) electrons. The van der Waals surface area contributed by atoms with Crippen LogP contribution in [0.15, 0.2) is 41.3 Å². The molecule has 15 heavy (non-hydrogen) atoms. The van der Waals surface area contributed by atoms with Crippen LogP contribution in [0.25, 0.3) is 10.8 Å². The molecule has 0 spiro atoms. The van der Waals surface area contributed by atoms with Gasteiger partial charge in [0.25, 0.3) is 5.56 Å². The summed E-state index contributed by atoms with van der Waals surface area (Å²) in [6, 6.07) is 9.64. The van der Waals surface area contributed by atoms with Crippen LogP contribution in [0.3, 0.4) is 0 Å². The van der Waals surface area contributed by atoms with Gasteiger partial charge in [-0.3, -0.25) is 4.79 Å². The van der Waals surface area contributed by atoms with Crippen molar-refractivity contribution in [3.63, 3.8) is 0 Å². The lowest BCUT2D eigenvalue weighted by molar-refractivity contribution is 0.630. The largest absolute Gasteiger partial charge is 0.318 e. The molecule has 0 saturated carbocycles. The number of fused-ring (bicyclic) bond motifs is 1. The Morgan fingerprint density at radius 3 is 2.87 bits per heavy atom. The lowest BCUT2D eigenvalue weighted by Gasteiger charge is -2.06. The summed E-state index contributed by atoms with van der Waals surface area (Å²) in [6.45, 7) is 1.51. The van der Waals surface area contributed by atoms with E-state index in [1.54, 1.807) is 4.57 Å². The van der Waals surface area contributed by atoms with Crippen LogP contribution in [-0.2, 0) is 6.54 Å². The third-order valence-corrected chi connectivity index (χ3v) is 2.49. The van der Waals surface area contributed by atoms with Crippen LogP contribution < -0.4 is 10.9 Å². The van der Waals surface area contributed by atoms with Gasteiger partial charge in [-0.05, 0) is 24.6 Å². The van der Waals surface area contributed by atoms with Crippen molar-refractivity contribution < 1.29 is 0 Å². The summed E-state index contributed by atoms with van der Waals surface area (Å²) in [5.41, 5.74) is 0.0864. The van der Waals surface area contributed by atoms with Gasteiger partial charge in [-0.2, -0.15) is 0 Å². The fraction of sp³-hybridized carbons (Fsp3) is 0.250. The fourth-order valence-corrected chi connectivity index (χ4v) is 1.64. The van der Waals surface area contributed by atoms with Gasteiger partial charge in [0, 0.05) is 24.7 Å². The van der Waals surface area contributed by atoms with E-state index in [1.165, 1.54) is 0 Å². The maximum Gasteiger partial charge on any atom is 0.258 e. The van der Waals surface area contributed by atoms with E-state index in [0.717, 1.165) is 17.3 Å². The van der Waals surface area contributed by atoms with Crippen LogP contribution in [0, 0.1) is 0 Å². The smallest absolute Gasteiger partial charge is 0.258 e. The zero-order valence-corrected chi connectivity index (χ0v) is 8.73. The first-order valence-electron chi connectivity index (χ1n) is 5.06. The quantitative estimate of drug-likeness (QED) is 0.812. The van der Waals surface area contributed by atoms with Gasteiger partial charge in [-0.15, -0.1) is 0 Å². The SMILES string of the molecule is CNCCn1ccc2ccccc2c1=O. The molecule has 0 fully saturated rings. The maximum atomic E-state index is 12.0. The number of nitrogens with zero attached hydrogens (tertiary/aromatic N) is 1. The zero-order chi connectivity index (χ0) is 10.7. The van der Waals surface area contributed by atoms with Crippen LogP contribution in [0.2, 0.25) is 0 Å². The molecule has 1 N–H and O–H groups in total. The monoisotopic (exact) mass is 202 g/mol. The molecule has 1 heterocycles. The predicted octanol–water partition coefficient (Wildman–Crippen LogP) is 1.22. The summed E-state index contributed by atoms with van der Waals surface area (Å²) in [6.07, 6.45) is 1.85. The molecular formula is C12H14N2O. The average Bonchev–Trinajstić information content (AvgIpc) is 2.29. The second-order valence-corrected chi connectivity index (χ2v) is 3.51. The van der Waals surface area contributed by atoms with Crippen LogP contribution in [0.4, 0.5) is 0 Å². The molecule has 3 heteroatoms. The highest BCUT2D eigenvalue weighted by molar-refractivity contribution is 5.81. The van der Waals surface area contributed by atoms with Crippen molar-refractivity contribution in [2.45, 2.75) is 6.54 Å². The first kappa shape index (κ1) is 9.93. The number of hydrogen-bond acceptors (Lipinski definition) is 2. The van der Waals surface area contributed by atoms with E-state index in [2.05, 4.69) is 5.32 Å². The highest BCUT2D eigenvalue weighted by atomic mass is 16.1. The third kappa shape index (κ3) is 1.92. The molecule has 0 aliphatic heterocycles. The summed E-state index contributed by atoms with van der Waals surface area (Å²) < 4.78 is 1.73. The minimum Gasteiger partial charge on any atom is -0.318 e. The van der Waals surface area contributed by atoms with E-state index in [9.17, 15) is 4.79 Å². The summed E-state index contributed by atoms with van der Waals surface area (Å²) in [4.78, 5) is 12.0. The van der Waals surface area contributed by atoms with E-state index in [-0.39, 0.29) is 5.56 Å². The highest BCUT2D eigenvalue weighted by Gasteiger charge is 2.00. The van der Waals surface area contributed by atoms with Crippen LogP contribution in [0.5, 0.6) is 0 Å². The number of aromatic nitrogens is 1. The molecule has 0 amide bonds. The predicted molar refractivity (Wildman–Crippen MR) is 62.1 cm³/mol. The normalized spacial score (nSPS) is 10.7. The molecule has 0 aliphatic carbocycles. The zero-order valence-electron chi connectivity index (χ0n) is 8.73. The van der Waals surface area contributed by atoms with Gasteiger partial charge < -0.3 is 9.88 Å². The van der Waals surface area contributed by atoms with Crippen LogP contribution in [0.1, 0.15) is 0 Å². The average molecular weight is 202 g/mol. The van der Waals surface area contributed by atoms with Gasteiger partial charge in [0.15, 0.2) is 0 Å². The van der Waals surface area contributed by atoms with Crippen molar-refractivity contribution in [3.05, 3.63) is 46.9 Å². The molecule has 0 unspecified atom stereocenters. The molecule has 0 atom stereocenters. The lowest BCUT2D eigenvalue weighted by atomic mass is 10.2. The Morgan fingerprint density at radius 1 is 1.27 bits per heavy atom. The van der Waals surface area contributed by atoms with Gasteiger partial charge in [0.2, 0.25) is 0 Å². The van der Waals surface area contributed by atoms with Gasteiger partial charge in [0.1, 0.15) is 0 Å². The number of hydrogen-bond donors (Lipinski definition) is 1. The Labute approximate surface area is 88.3 Å². The molecule has 2 aromatic rings. The van der Waals surface area contributed by atoms with Crippen molar-refractivity contribution in [2.24, 2.45) is 0 Å². The Balaban J connectivity index is 2.51. The van der Waals surface area contributed by atoms with Gasteiger partial charge >= 0.3 is 0 Å². The number of nitrogens with one attached hydrogen (secondary N) is 1. The summed E-state index contributed by atoms with van der Waals surface area (Å²) in [5, 5.41) is 4.82. The van der Waals surface area contributed by atoms with Crippen LogP contribution >= 0.6 is 0 Å². The van der Waals surface area contributed by atoms with Crippen molar-refractivity contribution in [2.75, 3.05) is 13.6 Å². The highest BCUT2D eigenvalue weighted by Crippen LogP contribution is 2.07. The molecule has 3 nitrogen and oxygen atoms in total. The number of benzene rings is 1. The Hall–Kier alpha value is -1.61. The van der Waals surface area contributed by atoms with Crippen molar-refractivity contribution in [1.29, 1.82) is 0 Å². The number of rotatable bonds is 3. The van der Waals surface area contributed by atoms with E-state index in [4.69, 9.17) is 0 Å². The van der Waals surface area contributed by atoms with E-state index >= 15 is 0 Å². The van der Waals surface area contributed by atoms with E-state index in [1.807, 2.05) is 43.6 Å². The fourth-order valence-electron chi connectivity index (χ4n) is 1.64. The molecule has 1 aromatic heterocycles. The summed E-state index contributed by atoms with van der Waals surface area (Å²) in [5.74, 6) is 0. The molecule has 2 rings (SSSR count). The van der Waals surface area contributed by atoms with E-state index < -0.39 is 0 Å². The first-order chi connectivity index (χ1) is 7.33. The third-order valence-electron chi connectivity index (χ3n) is 2.49. The summed E-state index contributed by atoms with van der Waals surface area (Å²) in [7, 11) is 1.88. The Bertz CT molecular complexity index is 516. The van der Waals surface area contributed by atoms with Crippen molar-refractivity contribution >= 4 is 10.8 Å². The molecule has 78 valence electrons. The molecular weight excluding hydrogens is 188 g/mol. The topological polar surface area (TPSA) is 34.0 Å². The standard InChI is InChI=1S/C12H14N2O/c1-13-7-9-14-8-6-10-4-2-3-5-11(10)12(14)15/h2-6,8,13H,7,9H2,1H3. The molecule has 1 aromatic carbocycles.